The van der Waals surface area contributed by atoms with E-state index in [0.29, 0.717) is 5.56 Å². The second-order valence-corrected chi connectivity index (χ2v) is 3.86. The molecule has 16 heavy (non-hydrogen) atoms. The van der Waals surface area contributed by atoms with Crippen LogP contribution in [0.1, 0.15) is 33.4 Å². The van der Waals surface area contributed by atoms with Crippen LogP contribution >= 0.6 is 0 Å². The highest BCUT2D eigenvalue weighted by Gasteiger charge is 2.13. The van der Waals surface area contributed by atoms with Crippen molar-refractivity contribution in [2.24, 2.45) is 0 Å². The summed E-state index contributed by atoms with van der Waals surface area (Å²) < 4.78 is 3.85. The van der Waals surface area contributed by atoms with Gasteiger partial charge in [0.1, 0.15) is 11.6 Å². The van der Waals surface area contributed by atoms with Gasteiger partial charge in [-0.25, -0.2) is 4.68 Å². The van der Waals surface area contributed by atoms with Crippen molar-refractivity contribution in [1.29, 1.82) is 0 Å². The van der Waals surface area contributed by atoms with Crippen molar-refractivity contribution < 1.29 is 4.79 Å². The molecule has 2 aromatic heterocycles. The first-order valence-electron chi connectivity index (χ1n) is 5.09. The molecule has 0 N–H and O–H groups in total. The van der Waals surface area contributed by atoms with Gasteiger partial charge in [0.15, 0.2) is 6.29 Å². The van der Waals surface area contributed by atoms with Gasteiger partial charge < -0.3 is 0 Å². The molecule has 0 atom stereocenters. The van der Waals surface area contributed by atoms with Gasteiger partial charge >= 0.3 is 0 Å². The zero-order valence-electron chi connectivity index (χ0n) is 9.85. The minimum Gasteiger partial charge on any atom is -0.298 e. The predicted octanol–water partition coefficient (Wildman–Crippen LogP) is 1.44. The molecular formula is C11H14N4O. The van der Waals surface area contributed by atoms with Crippen LogP contribution in [0, 0.1) is 27.7 Å². The van der Waals surface area contributed by atoms with Crippen molar-refractivity contribution in [1.82, 2.24) is 19.5 Å². The molecule has 0 aliphatic heterocycles. The third-order valence-electron chi connectivity index (χ3n) is 2.71. The summed E-state index contributed by atoms with van der Waals surface area (Å²) in [6.45, 7) is 7.65. The summed E-state index contributed by atoms with van der Waals surface area (Å²) in [4.78, 5) is 10.9. The first kappa shape index (κ1) is 10.6. The second-order valence-electron chi connectivity index (χ2n) is 3.86. The van der Waals surface area contributed by atoms with Gasteiger partial charge in [0.2, 0.25) is 0 Å². The van der Waals surface area contributed by atoms with Crippen LogP contribution in [0.25, 0.3) is 0 Å². The smallest absolute Gasteiger partial charge is 0.151 e. The molecule has 0 bridgehead atoms. The van der Waals surface area contributed by atoms with E-state index in [0.717, 1.165) is 29.3 Å². The zero-order valence-corrected chi connectivity index (χ0v) is 9.85. The molecule has 2 aromatic rings. The normalized spacial score (nSPS) is 10.8. The maximum atomic E-state index is 10.9. The van der Waals surface area contributed by atoms with Crippen molar-refractivity contribution in [2.75, 3.05) is 0 Å². The van der Waals surface area contributed by atoms with E-state index in [-0.39, 0.29) is 0 Å². The Hall–Kier alpha value is -1.91. The van der Waals surface area contributed by atoms with Gasteiger partial charge in [-0.1, -0.05) is 0 Å². The average Bonchev–Trinajstić information content (AvgIpc) is 2.70. The molecule has 5 heteroatoms. The summed E-state index contributed by atoms with van der Waals surface area (Å²) >= 11 is 0. The van der Waals surface area contributed by atoms with Crippen molar-refractivity contribution in [3.05, 3.63) is 34.7 Å². The van der Waals surface area contributed by atoms with Gasteiger partial charge in [-0.05, 0) is 33.8 Å². The molecule has 0 spiro atoms. The van der Waals surface area contributed by atoms with Crippen molar-refractivity contribution in [3.8, 4) is 0 Å². The van der Waals surface area contributed by atoms with Crippen LogP contribution in [0.3, 0.4) is 0 Å². The Morgan fingerprint density at radius 2 is 1.62 bits per heavy atom. The molecule has 84 valence electrons. The van der Waals surface area contributed by atoms with Crippen LogP contribution in [0.2, 0.25) is 0 Å². The van der Waals surface area contributed by atoms with Crippen LogP contribution in [-0.2, 0) is 0 Å². The minimum atomic E-state index is 0.699. The first-order chi connectivity index (χ1) is 7.56. The van der Waals surface area contributed by atoms with Crippen molar-refractivity contribution in [3.63, 3.8) is 0 Å². The highest BCUT2D eigenvalue weighted by atomic mass is 16.1. The van der Waals surface area contributed by atoms with E-state index in [1.54, 1.807) is 0 Å². The molecule has 0 amide bonds. The molecule has 0 unspecified atom stereocenters. The summed E-state index contributed by atoms with van der Waals surface area (Å²) in [6.07, 6.45) is 0.869. The standard InChI is InChI=1S/C11H14N4O/c1-7-5-11(6-16)8(2)14(7)15-9(3)12-13-10(15)4/h5-6H,1-4H3. The van der Waals surface area contributed by atoms with Gasteiger partial charge in [0, 0.05) is 17.0 Å². The van der Waals surface area contributed by atoms with Gasteiger partial charge in [-0.2, -0.15) is 0 Å². The average molecular weight is 218 g/mol. The Morgan fingerprint density at radius 3 is 2.06 bits per heavy atom. The number of hydrogen-bond donors (Lipinski definition) is 0. The number of carbonyl (C=O) groups is 1. The predicted molar refractivity (Wildman–Crippen MR) is 59.6 cm³/mol. The lowest BCUT2D eigenvalue weighted by atomic mass is 10.3. The third-order valence-corrected chi connectivity index (χ3v) is 2.71. The van der Waals surface area contributed by atoms with E-state index in [9.17, 15) is 4.79 Å². The van der Waals surface area contributed by atoms with Gasteiger partial charge in [-0.15, -0.1) is 10.2 Å². The van der Waals surface area contributed by atoms with Gasteiger partial charge in [0.05, 0.1) is 0 Å². The fraction of sp³-hybridized carbons (Fsp3) is 0.364. The van der Waals surface area contributed by atoms with Crippen LogP contribution < -0.4 is 0 Å². The molecule has 0 aromatic carbocycles. The van der Waals surface area contributed by atoms with Crippen LogP contribution in [-0.4, -0.2) is 25.8 Å². The highest BCUT2D eigenvalue weighted by Crippen LogP contribution is 2.15. The molecule has 0 saturated heterocycles. The number of aromatic nitrogens is 4. The van der Waals surface area contributed by atoms with Crippen molar-refractivity contribution >= 4 is 6.29 Å². The molecule has 0 aliphatic rings. The number of nitrogens with zero attached hydrogens (tertiary/aromatic N) is 4. The van der Waals surface area contributed by atoms with Gasteiger partial charge in [0.25, 0.3) is 0 Å². The van der Waals surface area contributed by atoms with Crippen LogP contribution in [0.4, 0.5) is 0 Å². The van der Waals surface area contributed by atoms with E-state index < -0.39 is 0 Å². The SMILES string of the molecule is Cc1cc(C=O)c(C)n1-n1c(C)nnc1C. The summed E-state index contributed by atoms with van der Waals surface area (Å²) in [7, 11) is 0. The molecule has 0 saturated carbocycles. The number of aryl methyl sites for hydroxylation is 3. The quantitative estimate of drug-likeness (QED) is 0.717. The maximum Gasteiger partial charge on any atom is 0.151 e. The van der Waals surface area contributed by atoms with Crippen LogP contribution in [0.15, 0.2) is 6.07 Å². The highest BCUT2D eigenvalue weighted by molar-refractivity contribution is 5.77. The minimum absolute atomic E-state index is 0.699. The lowest BCUT2D eigenvalue weighted by Crippen LogP contribution is -2.16. The monoisotopic (exact) mass is 218 g/mol. The van der Waals surface area contributed by atoms with E-state index >= 15 is 0 Å². The lowest BCUT2D eigenvalue weighted by Gasteiger charge is -2.12. The van der Waals surface area contributed by atoms with E-state index in [1.807, 2.05) is 43.1 Å². The van der Waals surface area contributed by atoms with E-state index in [2.05, 4.69) is 10.2 Å². The molecule has 5 nitrogen and oxygen atoms in total. The summed E-state index contributed by atoms with van der Waals surface area (Å²) in [6, 6.07) is 1.86. The Bertz CT molecular complexity index is 531. The van der Waals surface area contributed by atoms with Crippen LogP contribution in [0.5, 0.6) is 0 Å². The van der Waals surface area contributed by atoms with E-state index in [4.69, 9.17) is 0 Å². The maximum absolute atomic E-state index is 10.9. The molecule has 0 fully saturated rings. The number of carbonyl (C=O) groups excluding carboxylic acids is 1. The lowest BCUT2D eigenvalue weighted by molar-refractivity contribution is 0.112. The molecule has 2 rings (SSSR count). The van der Waals surface area contributed by atoms with E-state index in [1.165, 1.54) is 0 Å². The Labute approximate surface area is 93.7 Å². The molecule has 0 aliphatic carbocycles. The fourth-order valence-corrected chi connectivity index (χ4v) is 1.96. The number of aldehydes is 1. The Kier molecular flexibility index (Phi) is 2.38. The Balaban J connectivity index is 2.74. The number of hydrogen-bond acceptors (Lipinski definition) is 3. The molecule has 2 heterocycles. The fourth-order valence-electron chi connectivity index (χ4n) is 1.96. The first-order valence-corrected chi connectivity index (χ1v) is 5.09. The molecular weight excluding hydrogens is 204 g/mol. The van der Waals surface area contributed by atoms with Gasteiger partial charge in [-0.3, -0.25) is 9.47 Å². The second kappa shape index (κ2) is 3.59. The largest absolute Gasteiger partial charge is 0.298 e. The summed E-state index contributed by atoms with van der Waals surface area (Å²) in [5.74, 6) is 1.61. The number of rotatable bonds is 2. The zero-order chi connectivity index (χ0) is 11.9. The molecule has 0 radical (unpaired) electrons. The summed E-state index contributed by atoms with van der Waals surface area (Å²) in [5, 5.41) is 8.03. The Morgan fingerprint density at radius 1 is 1.06 bits per heavy atom. The topological polar surface area (TPSA) is 52.7 Å². The third kappa shape index (κ3) is 1.36. The van der Waals surface area contributed by atoms with Crippen molar-refractivity contribution in [2.45, 2.75) is 27.7 Å². The summed E-state index contributed by atoms with van der Waals surface area (Å²) in [5.41, 5.74) is 2.59.